The molecule has 2 N–H and O–H groups in total. The minimum Gasteiger partial charge on any atom is -0.497 e. The van der Waals surface area contributed by atoms with Crippen LogP contribution in [-0.2, 0) is 6.42 Å². The second-order valence-electron chi connectivity index (χ2n) is 4.95. The Balaban J connectivity index is 2.05. The van der Waals surface area contributed by atoms with Crippen molar-refractivity contribution in [1.29, 1.82) is 0 Å². The number of methoxy groups -OCH3 is 1. The molecule has 5 heteroatoms. The van der Waals surface area contributed by atoms with E-state index in [4.69, 9.17) is 26.8 Å². The van der Waals surface area contributed by atoms with Crippen LogP contribution in [0.5, 0.6) is 11.5 Å². The minimum atomic E-state index is -0.638. The minimum absolute atomic E-state index is 0.385. The highest BCUT2D eigenvalue weighted by atomic mass is 35.5. The highest BCUT2D eigenvalue weighted by Crippen LogP contribution is 2.38. The maximum atomic E-state index is 14.2. The number of hydrogen-bond acceptors (Lipinski definition) is 3. The van der Waals surface area contributed by atoms with E-state index in [9.17, 15) is 4.39 Å². The zero-order valence-corrected chi connectivity index (χ0v) is 12.3. The summed E-state index contributed by atoms with van der Waals surface area (Å²) >= 11 is 6.12. The molecule has 1 aliphatic rings. The van der Waals surface area contributed by atoms with Crippen molar-refractivity contribution < 1.29 is 13.9 Å². The molecule has 0 aromatic heterocycles. The third-order valence-electron chi connectivity index (χ3n) is 3.65. The quantitative estimate of drug-likeness (QED) is 0.944. The van der Waals surface area contributed by atoms with Gasteiger partial charge in [-0.15, -0.1) is 0 Å². The Kier molecular flexibility index (Phi) is 3.74. The number of ether oxygens (including phenoxy) is 2. The summed E-state index contributed by atoms with van der Waals surface area (Å²) in [6.07, 6.45) is 0.792. The molecule has 3 rings (SSSR count). The van der Waals surface area contributed by atoms with E-state index < -0.39 is 11.9 Å². The maximum Gasteiger partial charge on any atom is 0.132 e. The Labute approximate surface area is 127 Å². The molecule has 0 radical (unpaired) electrons. The molecule has 0 saturated carbocycles. The van der Waals surface area contributed by atoms with Crippen molar-refractivity contribution in [2.75, 3.05) is 13.7 Å². The molecular weight excluding hydrogens is 293 g/mol. The summed E-state index contributed by atoms with van der Waals surface area (Å²) in [5.74, 6) is 0.770. The predicted octanol–water partition coefficient (Wildman–Crippen LogP) is 3.47. The van der Waals surface area contributed by atoms with E-state index in [1.54, 1.807) is 18.2 Å². The Hall–Kier alpha value is -1.78. The summed E-state index contributed by atoms with van der Waals surface area (Å²) in [7, 11) is 1.49. The van der Waals surface area contributed by atoms with Crippen LogP contribution in [0.15, 0.2) is 30.3 Å². The van der Waals surface area contributed by atoms with Crippen LogP contribution < -0.4 is 15.2 Å². The van der Waals surface area contributed by atoms with Crippen LogP contribution >= 0.6 is 11.6 Å². The maximum absolute atomic E-state index is 14.2. The summed E-state index contributed by atoms with van der Waals surface area (Å²) in [4.78, 5) is 0. The summed E-state index contributed by atoms with van der Waals surface area (Å²) < 4.78 is 24.8. The second kappa shape index (κ2) is 5.54. The van der Waals surface area contributed by atoms with Gasteiger partial charge in [0.15, 0.2) is 0 Å². The van der Waals surface area contributed by atoms with E-state index in [2.05, 4.69) is 0 Å². The van der Waals surface area contributed by atoms with Crippen LogP contribution in [0.3, 0.4) is 0 Å². The van der Waals surface area contributed by atoms with Crippen LogP contribution in [0.1, 0.15) is 22.7 Å². The fourth-order valence-electron chi connectivity index (χ4n) is 2.58. The van der Waals surface area contributed by atoms with E-state index in [-0.39, 0.29) is 0 Å². The Morgan fingerprint density at radius 3 is 2.81 bits per heavy atom. The lowest BCUT2D eigenvalue weighted by Crippen LogP contribution is -2.15. The molecule has 2 aromatic carbocycles. The molecule has 110 valence electrons. The number of fused-ring (bicyclic) bond motifs is 1. The van der Waals surface area contributed by atoms with Gasteiger partial charge in [0, 0.05) is 28.6 Å². The largest absolute Gasteiger partial charge is 0.497 e. The van der Waals surface area contributed by atoms with Crippen LogP contribution in [0.4, 0.5) is 4.39 Å². The smallest absolute Gasteiger partial charge is 0.132 e. The van der Waals surface area contributed by atoms with E-state index >= 15 is 0 Å². The van der Waals surface area contributed by atoms with Gasteiger partial charge in [0.1, 0.15) is 17.3 Å². The molecule has 0 amide bonds. The van der Waals surface area contributed by atoms with Crippen LogP contribution in [0, 0.1) is 5.82 Å². The van der Waals surface area contributed by atoms with Crippen molar-refractivity contribution in [3.8, 4) is 11.5 Å². The molecule has 0 saturated heterocycles. The van der Waals surface area contributed by atoms with E-state index in [0.29, 0.717) is 28.5 Å². The van der Waals surface area contributed by atoms with Gasteiger partial charge in [-0.25, -0.2) is 4.39 Å². The summed E-state index contributed by atoms with van der Waals surface area (Å²) in [5.41, 5.74) is 8.34. The van der Waals surface area contributed by atoms with Crippen molar-refractivity contribution in [2.45, 2.75) is 12.5 Å². The van der Waals surface area contributed by atoms with E-state index in [1.165, 1.54) is 13.2 Å². The first-order valence-corrected chi connectivity index (χ1v) is 7.02. The lowest BCUT2D eigenvalue weighted by Gasteiger charge is -2.17. The third kappa shape index (κ3) is 2.57. The summed E-state index contributed by atoms with van der Waals surface area (Å²) in [6.45, 7) is 0.598. The molecule has 2 aromatic rings. The molecule has 0 spiro atoms. The molecule has 0 fully saturated rings. The number of nitrogens with two attached hydrogens (primary N) is 1. The first-order valence-electron chi connectivity index (χ1n) is 6.64. The zero-order chi connectivity index (χ0) is 15.0. The SMILES string of the molecule is COc1ccc(C(N)c2cc(Cl)cc3c2OCC3)c(F)c1. The zero-order valence-electron chi connectivity index (χ0n) is 11.5. The van der Waals surface area contributed by atoms with Crippen molar-refractivity contribution in [1.82, 2.24) is 0 Å². The fraction of sp³-hybridized carbons (Fsp3) is 0.250. The van der Waals surface area contributed by atoms with Gasteiger partial charge in [-0.3, -0.25) is 0 Å². The highest BCUT2D eigenvalue weighted by Gasteiger charge is 2.24. The monoisotopic (exact) mass is 307 g/mol. The third-order valence-corrected chi connectivity index (χ3v) is 3.87. The highest BCUT2D eigenvalue weighted by molar-refractivity contribution is 6.30. The van der Waals surface area contributed by atoms with Gasteiger partial charge >= 0.3 is 0 Å². The molecule has 21 heavy (non-hydrogen) atoms. The average Bonchev–Trinajstić information content (AvgIpc) is 2.93. The number of benzene rings is 2. The van der Waals surface area contributed by atoms with Gasteiger partial charge < -0.3 is 15.2 Å². The van der Waals surface area contributed by atoms with Crippen molar-refractivity contribution in [3.05, 3.63) is 57.9 Å². The van der Waals surface area contributed by atoms with Gasteiger partial charge in [0.25, 0.3) is 0 Å². The Bertz CT molecular complexity index is 690. The van der Waals surface area contributed by atoms with Crippen molar-refractivity contribution in [3.63, 3.8) is 0 Å². The predicted molar refractivity (Wildman–Crippen MR) is 79.6 cm³/mol. The number of hydrogen-bond donors (Lipinski definition) is 1. The first kappa shape index (κ1) is 14.2. The molecular formula is C16H15ClFNO2. The molecule has 0 bridgehead atoms. The van der Waals surface area contributed by atoms with Gasteiger partial charge in [0.05, 0.1) is 19.8 Å². The Morgan fingerprint density at radius 2 is 2.10 bits per heavy atom. The van der Waals surface area contributed by atoms with E-state index in [1.807, 2.05) is 6.07 Å². The standard InChI is InChI=1S/C16H15ClFNO2/c1-20-11-2-3-12(14(18)8-11)15(19)13-7-10(17)6-9-4-5-21-16(9)13/h2-3,6-8,15H,4-5,19H2,1H3. The van der Waals surface area contributed by atoms with Gasteiger partial charge in [-0.1, -0.05) is 17.7 Å². The fourth-order valence-corrected chi connectivity index (χ4v) is 2.83. The van der Waals surface area contributed by atoms with Crippen LogP contribution in [0.2, 0.25) is 5.02 Å². The van der Waals surface area contributed by atoms with Gasteiger partial charge in [-0.05, 0) is 23.8 Å². The lowest BCUT2D eigenvalue weighted by molar-refractivity contribution is 0.352. The van der Waals surface area contributed by atoms with Gasteiger partial charge in [-0.2, -0.15) is 0 Å². The molecule has 1 atom stereocenters. The van der Waals surface area contributed by atoms with Crippen LogP contribution in [-0.4, -0.2) is 13.7 Å². The summed E-state index contributed by atoms with van der Waals surface area (Å²) in [5, 5.41) is 0.582. The number of rotatable bonds is 3. The second-order valence-corrected chi connectivity index (χ2v) is 5.38. The van der Waals surface area contributed by atoms with Gasteiger partial charge in [0.2, 0.25) is 0 Å². The molecule has 1 heterocycles. The normalized spacial score (nSPS) is 14.5. The molecule has 1 unspecified atom stereocenters. The lowest BCUT2D eigenvalue weighted by atomic mass is 9.96. The molecule has 3 nitrogen and oxygen atoms in total. The average molecular weight is 308 g/mol. The molecule has 0 aliphatic carbocycles. The number of halogens is 2. The molecule has 1 aliphatic heterocycles. The Morgan fingerprint density at radius 1 is 1.29 bits per heavy atom. The van der Waals surface area contributed by atoms with Crippen molar-refractivity contribution in [2.24, 2.45) is 5.73 Å². The van der Waals surface area contributed by atoms with Crippen LogP contribution in [0.25, 0.3) is 0 Å². The van der Waals surface area contributed by atoms with E-state index in [0.717, 1.165) is 17.7 Å². The first-order chi connectivity index (χ1) is 10.1. The summed E-state index contributed by atoms with van der Waals surface area (Å²) in [6, 6.07) is 7.59. The van der Waals surface area contributed by atoms with Crippen molar-refractivity contribution >= 4 is 11.6 Å². The topological polar surface area (TPSA) is 44.5 Å².